The lowest BCUT2D eigenvalue weighted by Crippen LogP contribution is -2.39. The zero-order chi connectivity index (χ0) is 27.4. The highest BCUT2D eigenvalue weighted by Gasteiger charge is 2.34. The molecule has 2 aliphatic rings. The Labute approximate surface area is 217 Å². The lowest BCUT2D eigenvalue weighted by Gasteiger charge is -2.32. The van der Waals surface area contributed by atoms with Crippen LogP contribution in [0.4, 0.5) is 22.4 Å². The minimum Gasteiger partial charge on any atom is -0.481 e. The summed E-state index contributed by atoms with van der Waals surface area (Å²) in [6.45, 7) is 0.781. The van der Waals surface area contributed by atoms with E-state index in [1.165, 1.54) is 0 Å². The molecule has 0 unspecified atom stereocenters. The summed E-state index contributed by atoms with van der Waals surface area (Å²) < 4.78 is 58.7. The third kappa shape index (κ3) is 7.11. The van der Waals surface area contributed by atoms with Gasteiger partial charge in [0, 0.05) is 32.4 Å². The number of benzene rings is 2. The molecule has 0 bridgehead atoms. The highest BCUT2D eigenvalue weighted by molar-refractivity contribution is 5.83. The maximum Gasteiger partial charge on any atom is 0.416 e. The van der Waals surface area contributed by atoms with Gasteiger partial charge in [0.25, 0.3) is 0 Å². The van der Waals surface area contributed by atoms with E-state index in [1.54, 1.807) is 11.0 Å². The summed E-state index contributed by atoms with van der Waals surface area (Å²) in [5.41, 5.74) is 1.14. The van der Waals surface area contributed by atoms with Gasteiger partial charge in [0.2, 0.25) is 0 Å². The Balaban J connectivity index is 1.31. The number of carbonyl (C=O) groups is 3. The molecule has 0 radical (unpaired) electrons. The van der Waals surface area contributed by atoms with Crippen LogP contribution < -0.4 is 0 Å². The molecule has 1 heterocycles. The zero-order valence-electron chi connectivity index (χ0n) is 20.7. The number of nitrogens with zero attached hydrogens (tertiary/aromatic N) is 1. The van der Waals surface area contributed by atoms with Gasteiger partial charge in [-0.25, -0.2) is 9.18 Å². The van der Waals surface area contributed by atoms with E-state index in [-0.39, 0.29) is 30.4 Å². The SMILES string of the molecule is O=C(O)CC1CCC(OC(=O)N2CCc3cc(CC(=O)Cc4ccc(F)cc4C(F)(F)F)ccc3C2)CC1. The second-order valence-electron chi connectivity index (χ2n) is 10.1. The topological polar surface area (TPSA) is 83.9 Å². The molecule has 10 heteroatoms. The van der Waals surface area contributed by atoms with Gasteiger partial charge in [-0.15, -0.1) is 0 Å². The number of rotatable bonds is 7. The smallest absolute Gasteiger partial charge is 0.416 e. The molecular weight excluding hydrogens is 506 g/mol. The van der Waals surface area contributed by atoms with E-state index in [1.807, 2.05) is 12.1 Å². The number of hydrogen-bond acceptors (Lipinski definition) is 4. The van der Waals surface area contributed by atoms with E-state index in [0.717, 1.165) is 23.3 Å². The van der Waals surface area contributed by atoms with Crippen molar-refractivity contribution in [1.82, 2.24) is 4.90 Å². The van der Waals surface area contributed by atoms with Crippen LogP contribution in [0, 0.1) is 11.7 Å². The molecular formula is C28H29F4NO5. The lowest BCUT2D eigenvalue weighted by molar-refractivity contribution is -0.139. The van der Waals surface area contributed by atoms with Crippen molar-refractivity contribution in [3.8, 4) is 0 Å². The molecule has 1 saturated carbocycles. The first-order chi connectivity index (χ1) is 18.0. The fourth-order valence-corrected chi connectivity index (χ4v) is 5.26. The predicted octanol–water partition coefficient (Wildman–Crippen LogP) is 5.73. The number of aliphatic carboxylic acids is 1. The molecule has 0 atom stereocenters. The first-order valence-electron chi connectivity index (χ1n) is 12.6. The number of ketones is 1. The van der Waals surface area contributed by atoms with Crippen molar-refractivity contribution < 1.29 is 41.8 Å². The normalized spacial score (nSPS) is 19.5. The van der Waals surface area contributed by atoms with Crippen molar-refractivity contribution in [1.29, 1.82) is 0 Å². The van der Waals surface area contributed by atoms with E-state index < -0.39 is 41.8 Å². The standard InChI is InChI=1S/C28H29F4NO5/c29-22-6-5-20(25(15-22)28(30,31)32)14-23(34)12-18-1-4-21-16-33(10-9-19(21)11-18)27(37)38-24-7-2-17(3-8-24)13-26(35)36/h1,4-6,11,15,17,24H,2-3,7-10,12-14,16H2,(H,35,36). The number of fused-ring (bicyclic) bond motifs is 1. The van der Waals surface area contributed by atoms with Gasteiger partial charge in [-0.2, -0.15) is 13.2 Å². The molecule has 1 fully saturated rings. The summed E-state index contributed by atoms with van der Waals surface area (Å²) in [6, 6.07) is 7.70. The maximum absolute atomic E-state index is 13.3. The van der Waals surface area contributed by atoms with E-state index in [0.29, 0.717) is 56.8 Å². The Morgan fingerprint density at radius 2 is 1.71 bits per heavy atom. The molecule has 2 aromatic rings. The Morgan fingerprint density at radius 1 is 0.974 bits per heavy atom. The Morgan fingerprint density at radius 3 is 2.39 bits per heavy atom. The van der Waals surface area contributed by atoms with Gasteiger partial charge in [-0.1, -0.05) is 24.3 Å². The minimum absolute atomic E-state index is 0.0573. The minimum atomic E-state index is -4.75. The van der Waals surface area contributed by atoms with Crippen molar-refractivity contribution >= 4 is 17.8 Å². The molecule has 2 aromatic carbocycles. The quantitative estimate of drug-likeness (QED) is 0.458. The van der Waals surface area contributed by atoms with Gasteiger partial charge in [0.1, 0.15) is 17.7 Å². The number of hydrogen-bond donors (Lipinski definition) is 1. The molecule has 1 aliphatic heterocycles. The monoisotopic (exact) mass is 535 g/mol. The second kappa shape index (κ2) is 11.5. The van der Waals surface area contributed by atoms with Crippen LogP contribution in [0.25, 0.3) is 0 Å². The highest BCUT2D eigenvalue weighted by atomic mass is 19.4. The summed E-state index contributed by atoms with van der Waals surface area (Å²) in [4.78, 5) is 37.8. The van der Waals surface area contributed by atoms with Crippen LogP contribution in [0.3, 0.4) is 0 Å². The van der Waals surface area contributed by atoms with Crippen LogP contribution in [0.15, 0.2) is 36.4 Å². The number of amides is 1. The summed E-state index contributed by atoms with van der Waals surface area (Å²) in [6.07, 6.45) is -2.48. The van der Waals surface area contributed by atoms with E-state index in [9.17, 15) is 31.9 Å². The second-order valence-corrected chi connectivity index (χ2v) is 10.1. The van der Waals surface area contributed by atoms with Crippen LogP contribution in [0.2, 0.25) is 0 Å². The van der Waals surface area contributed by atoms with Crippen LogP contribution >= 0.6 is 0 Å². The number of carboxylic acids is 1. The van der Waals surface area contributed by atoms with Crippen LogP contribution in [-0.4, -0.2) is 40.5 Å². The Kier molecular flexibility index (Phi) is 8.38. The van der Waals surface area contributed by atoms with Gasteiger partial charge in [0.15, 0.2) is 0 Å². The fraction of sp³-hybridized carbons (Fsp3) is 0.464. The van der Waals surface area contributed by atoms with E-state index >= 15 is 0 Å². The molecule has 1 aliphatic carbocycles. The lowest BCUT2D eigenvalue weighted by atomic mass is 9.85. The fourth-order valence-electron chi connectivity index (χ4n) is 5.26. The molecule has 1 amide bonds. The number of alkyl halides is 3. The summed E-state index contributed by atoms with van der Waals surface area (Å²) in [7, 11) is 0. The van der Waals surface area contributed by atoms with Crippen LogP contribution in [-0.2, 0) is 46.3 Å². The van der Waals surface area contributed by atoms with Crippen LogP contribution in [0.5, 0.6) is 0 Å². The van der Waals surface area contributed by atoms with Gasteiger partial charge < -0.3 is 14.7 Å². The van der Waals surface area contributed by atoms with Gasteiger partial charge in [-0.05, 0) is 72.4 Å². The van der Waals surface area contributed by atoms with Crippen molar-refractivity contribution in [3.05, 3.63) is 70.0 Å². The van der Waals surface area contributed by atoms with Gasteiger partial charge in [-0.3, -0.25) is 9.59 Å². The third-order valence-electron chi connectivity index (χ3n) is 7.23. The number of carbonyl (C=O) groups excluding carboxylic acids is 2. The maximum atomic E-state index is 13.3. The molecule has 1 N–H and O–H groups in total. The van der Waals surface area contributed by atoms with Crippen molar-refractivity contribution in [3.63, 3.8) is 0 Å². The average molecular weight is 536 g/mol. The molecule has 0 spiro atoms. The summed E-state index contributed by atoms with van der Waals surface area (Å²) >= 11 is 0. The van der Waals surface area contributed by atoms with Crippen molar-refractivity contribution in [2.45, 2.75) is 70.2 Å². The zero-order valence-corrected chi connectivity index (χ0v) is 20.7. The predicted molar refractivity (Wildman–Crippen MR) is 129 cm³/mol. The van der Waals surface area contributed by atoms with E-state index in [4.69, 9.17) is 9.84 Å². The summed E-state index contributed by atoms with van der Waals surface area (Å²) in [5.74, 6) is -2.12. The Bertz CT molecular complexity index is 1200. The Hall–Kier alpha value is -3.43. The first kappa shape index (κ1) is 27.6. The largest absolute Gasteiger partial charge is 0.481 e. The third-order valence-corrected chi connectivity index (χ3v) is 7.23. The molecule has 0 aromatic heterocycles. The van der Waals surface area contributed by atoms with E-state index in [2.05, 4.69) is 0 Å². The number of carboxylic acid groups (broad SMARTS) is 1. The number of halogens is 4. The van der Waals surface area contributed by atoms with Crippen molar-refractivity contribution in [2.24, 2.45) is 5.92 Å². The molecule has 4 rings (SSSR count). The van der Waals surface area contributed by atoms with Gasteiger partial charge >= 0.3 is 18.2 Å². The molecule has 204 valence electrons. The number of Topliss-reactive ketones (excluding diaryl/α,β-unsaturated/α-hetero) is 1. The molecule has 0 saturated heterocycles. The highest BCUT2D eigenvalue weighted by Crippen LogP contribution is 2.33. The van der Waals surface area contributed by atoms with Crippen LogP contribution in [0.1, 0.15) is 59.9 Å². The summed E-state index contributed by atoms with van der Waals surface area (Å²) in [5, 5.41) is 8.93. The van der Waals surface area contributed by atoms with Crippen molar-refractivity contribution in [2.75, 3.05) is 6.54 Å². The number of ether oxygens (including phenoxy) is 1. The molecule has 6 nitrogen and oxygen atoms in total. The first-order valence-corrected chi connectivity index (χ1v) is 12.6. The molecule has 38 heavy (non-hydrogen) atoms. The van der Waals surface area contributed by atoms with Gasteiger partial charge in [0.05, 0.1) is 5.56 Å². The average Bonchev–Trinajstić information content (AvgIpc) is 2.85.